The molecule has 2 rings (SSSR count). The van der Waals surface area contributed by atoms with Gasteiger partial charge in [0.1, 0.15) is 0 Å². The third kappa shape index (κ3) is 3.60. The molecule has 0 bridgehead atoms. The number of rotatable bonds is 5. The molecule has 1 aromatic carbocycles. The number of thioether (sulfide) groups is 1. The predicted molar refractivity (Wildman–Crippen MR) is 82.5 cm³/mol. The highest BCUT2D eigenvalue weighted by atomic mass is 32.2. The number of allylic oxidation sites excluding steroid dienone is 4. The van der Waals surface area contributed by atoms with Crippen LogP contribution in [0.4, 0.5) is 0 Å². The number of Topliss-reactive ketones (excluding diaryl/α,β-unsaturated/α-hetero) is 1. The van der Waals surface area contributed by atoms with Crippen molar-refractivity contribution in [3.63, 3.8) is 0 Å². The molecule has 19 heavy (non-hydrogen) atoms. The second kappa shape index (κ2) is 6.76. The van der Waals surface area contributed by atoms with E-state index in [4.69, 9.17) is 0 Å². The maximum Gasteiger partial charge on any atom is 0.172 e. The van der Waals surface area contributed by atoms with Crippen LogP contribution in [0.25, 0.3) is 0 Å². The van der Waals surface area contributed by atoms with Crippen LogP contribution in [0.1, 0.15) is 33.1 Å². The fourth-order valence-electron chi connectivity index (χ4n) is 2.30. The molecule has 2 heteroatoms. The number of ketones is 1. The van der Waals surface area contributed by atoms with E-state index in [1.807, 2.05) is 18.2 Å². The molecule has 0 saturated heterocycles. The maximum atomic E-state index is 12.4. The molecule has 0 heterocycles. The quantitative estimate of drug-likeness (QED) is 0.717. The first-order valence-corrected chi connectivity index (χ1v) is 7.70. The van der Waals surface area contributed by atoms with Crippen molar-refractivity contribution in [3.05, 3.63) is 53.6 Å². The van der Waals surface area contributed by atoms with E-state index >= 15 is 0 Å². The zero-order valence-electron chi connectivity index (χ0n) is 11.6. The largest absolute Gasteiger partial charge is 0.293 e. The number of hydrogen-bond acceptors (Lipinski definition) is 2. The highest BCUT2D eigenvalue weighted by molar-refractivity contribution is 8.00. The Hall–Kier alpha value is -1.28. The van der Waals surface area contributed by atoms with Crippen molar-refractivity contribution in [2.24, 2.45) is 0 Å². The van der Waals surface area contributed by atoms with Crippen LogP contribution < -0.4 is 0 Å². The molecule has 0 N–H and O–H groups in total. The molecule has 1 aliphatic carbocycles. The van der Waals surface area contributed by atoms with Crippen molar-refractivity contribution in [1.29, 1.82) is 0 Å². The average molecular weight is 272 g/mol. The van der Waals surface area contributed by atoms with Crippen LogP contribution in [0.15, 0.2) is 58.5 Å². The molecule has 1 atom stereocenters. The number of carbonyl (C=O) groups excluding carboxylic acids is 1. The first kappa shape index (κ1) is 14.1. The molecule has 100 valence electrons. The van der Waals surface area contributed by atoms with Gasteiger partial charge in [0, 0.05) is 4.90 Å². The molecular weight excluding hydrogens is 252 g/mol. The van der Waals surface area contributed by atoms with Crippen LogP contribution in [0.3, 0.4) is 0 Å². The molecule has 0 aliphatic heterocycles. The van der Waals surface area contributed by atoms with Gasteiger partial charge in [0.05, 0.1) is 5.25 Å². The molecular formula is C17H20OS. The Morgan fingerprint density at radius 3 is 2.68 bits per heavy atom. The average Bonchev–Trinajstić information content (AvgIpc) is 2.68. The smallest absolute Gasteiger partial charge is 0.172 e. The highest BCUT2D eigenvalue weighted by Crippen LogP contribution is 2.36. The molecule has 1 aliphatic rings. The molecule has 0 saturated carbocycles. The summed E-state index contributed by atoms with van der Waals surface area (Å²) in [6.07, 6.45) is 6.97. The first-order valence-electron chi connectivity index (χ1n) is 6.82. The van der Waals surface area contributed by atoms with Crippen LogP contribution in [-0.4, -0.2) is 11.0 Å². The third-order valence-corrected chi connectivity index (χ3v) is 4.55. The van der Waals surface area contributed by atoms with E-state index in [2.05, 4.69) is 38.1 Å². The zero-order chi connectivity index (χ0) is 13.7. The SMILES string of the molecule is CC/C=C/CC1=C(C)CC(Sc2ccccc2)C1=O. The van der Waals surface area contributed by atoms with Crippen molar-refractivity contribution < 1.29 is 4.79 Å². The van der Waals surface area contributed by atoms with Crippen LogP contribution >= 0.6 is 11.8 Å². The summed E-state index contributed by atoms with van der Waals surface area (Å²) in [5.41, 5.74) is 2.29. The monoisotopic (exact) mass is 272 g/mol. The minimum absolute atomic E-state index is 0.0763. The van der Waals surface area contributed by atoms with E-state index in [0.29, 0.717) is 5.78 Å². The summed E-state index contributed by atoms with van der Waals surface area (Å²) < 4.78 is 0. The zero-order valence-corrected chi connectivity index (χ0v) is 12.4. The predicted octanol–water partition coefficient (Wildman–Crippen LogP) is 4.79. The van der Waals surface area contributed by atoms with Gasteiger partial charge in [-0.3, -0.25) is 4.79 Å². The van der Waals surface area contributed by atoms with E-state index in [0.717, 1.165) is 24.8 Å². The van der Waals surface area contributed by atoms with Crippen molar-refractivity contribution in [3.8, 4) is 0 Å². The molecule has 0 aromatic heterocycles. The van der Waals surface area contributed by atoms with E-state index in [-0.39, 0.29) is 5.25 Å². The fraction of sp³-hybridized carbons (Fsp3) is 0.353. The molecule has 1 aromatic rings. The van der Waals surface area contributed by atoms with Crippen LogP contribution in [0, 0.1) is 0 Å². The van der Waals surface area contributed by atoms with Crippen LogP contribution in [0.2, 0.25) is 0 Å². The summed E-state index contributed by atoms with van der Waals surface area (Å²) in [6, 6.07) is 10.2. The van der Waals surface area contributed by atoms with Gasteiger partial charge in [-0.2, -0.15) is 0 Å². The lowest BCUT2D eigenvalue weighted by molar-refractivity contribution is -0.114. The van der Waals surface area contributed by atoms with Gasteiger partial charge in [0.15, 0.2) is 5.78 Å². The second-order valence-electron chi connectivity index (χ2n) is 4.83. The molecule has 0 radical (unpaired) electrons. The molecule has 0 spiro atoms. The number of benzene rings is 1. The van der Waals surface area contributed by atoms with Crippen molar-refractivity contribution in [2.45, 2.75) is 43.3 Å². The normalized spacial score (nSPS) is 19.7. The Morgan fingerprint density at radius 1 is 1.26 bits per heavy atom. The van der Waals surface area contributed by atoms with Gasteiger partial charge in [-0.15, -0.1) is 11.8 Å². The third-order valence-electron chi connectivity index (χ3n) is 3.34. The van der Waals surface area contributed by atoms with E-state index in [9.17, 15) is 4.79 Å². The summed E-state index contributed by atoms with van der Waals surface area (Å²) in [5.74, 6) is 0.326. The fourth-order valence-corrected chi connectivity index (χ4v) is 3.53. The van der Waals surface area contributed by atoms with Gasteiger partial charge in [0.2, 0.25) is 0 Å². The first-order chi connectivity index (χ1) is 9.22. The van der Waals surface area contributed by atoms with Crippen molar-refractivity contribution in [2.75, 3.05) is 0 Å². The summed E-state index contributed by atoms with van der Waals surface area (Å²) in [5, 5.41) is 0.0763. The lowest BCUT2D eigenvalue weighted by Crippen LogP contribution is -2.12. The standard InChI is InChI=1S/C17H20OS/c1-3-4-6-11-15-13(2)12-16(17(15)18)19-14-9-7-5-8-10-14/h4-10,16H,3,11-12H2,1-2H3/b6-4+. The van der Waals surface area contributed by atoms with Gasteiger partial charge in [-0.05, 0) is 43.9 Å². The molecule has 1 unspecified atom stereocenters. The lowest BCUT2D eigenvalue weighted by atomic mass is 10.1. The minimum atomic E-state index is 0.0763. The van der Waals surface area contributed by atoms with Crippen LogP contribution in [0.5, 0.6) is 0 Å². The van der Waals surface area contributed by atoms with Crippen LogP contribution in [-0.2, 0) is 4.79 Å². The molecule has 0 amide bonds. The highest BCUT2D eigenvalue weighted by Gasteiger charge is 2.30. The molecule has 0 fully saturated rings. The van der Waals surface area contributed by atoms with E-state index < -0.39 is 0 Å². The Bertz CT molecular complexity index is 499. The van der Waals surface area contributed by atoms with Crippen molar-refractivity contribution in [1.82, 2.24) is 0 Å². The Morgan fingerprint density at radius 2 is 2.00 bits per heavy atom. The summed E-state index contributed by atoms with van der Waals surface area (Å²) >= 11 is 1.69. The Labute approximate surface area is 119 Å². The Balaban J connectivity index is 2.01. The van der Waals surface area contributed by atoms with Crippen molar-refractivity contribution >= 4 is 17.5 Å². The lowest BCUT2D eigenvalue weighted by Gasteiger charge is -2.08. The topological polar surface area (TPSA) is 17.1 Å². The number of hydrogen-bond donors (Lipinski definition) is 0. The minimum Gasteiger partial charge on any atom is -0.293 e. The summed E-state index contributed by atoms with van der Waals surface area (Å²) in [7, 11) is 0. The van der Waals surface area contributed by atoms with Gasteiger partial charge in [0.25, 0.3) is 0 Å². The number of carbonyl (C=O) groups is 1. The van der Waals surface area contributed by atoms with E-state index in [1.165, 1.54) is 10.5 Å². The second-order valence-corrected chi connectivity index (χ2v) is 6.11. The van der Waals surface area contributed by atoms with Gasteiger partial charge in [-0.25, -0.2) is 0 Å². The summed E-state index contributed by atoms with van der Waals surface area (Å²) in [4.78, 5) is 13.6. The summed E-state index contributed by atoms with van der Waals surface area (Å²) in [6.45, 7) is 4.21. The molecule has 1 nitrogen and oxygen atoms in total. The van der Waals surface area contributed by atoms with E-state index in [1.54, 1.807) is 11.8 Å². The van der Waals surface area contributed by atoms with Gasteiger partial charge < -0.3 is 0 Å². The Kier molecular flexibility index (Phi) is 5.03. The maximum absolute atomic E-state index is 12.4. The van der Waals surface area contributed by atoms with Gasteiger partial charge >= 0.3 is 0 Å². The van der Waals surface area contributed by atoms with Gasteiger partial charge in [-0.1, -0.05) is 42.8 Å².